The third kappa shape index (κ3) is 4.67. The lowest BCUT2D eigenvalue weighted by Crippen LogP contribution is -2.45. The molecular formula is C16H16FIN2O3S. The maximum Gasteiger partial charge on any atom is 0.247 e. The predicted molar refractivity (Wildman–Crippen MR) is 101 cm³/mol. The Morgan fingerprint density at radius 2 is 1.67 bits per heavy atom. The molecule has 0 fully saturated rings. The van der Waals surface area contributed by atoms with Crippen molar-refractivity contribution in [2.45, 2.75) is 13.0 Å². The highest BCUT2D eigenvalue weighted by molar-refractivity contribution is 14.1. The first-order valence-corrected chi connectivity index (χ1v) is 9.92. The number of benzene rings is 2. The summed E-state index contributed by atoms with van der Waals surface area (Å²) < 4.78 is 39.3. The molecule has 2 aromatic carbocycles. The van der Waals surface area contributed by atoms with Crippen molar-refractivity contribution in [3.63, 3.8) is 0 Å². The third-order valence-electron chi connectivity index (χ3n) is 3.28. The van der Waals surface area contributed by atoms with E-state index in [1.165, 1.54) is 19.1 Å². The van der Waals surface area contributed by atoms with Crippen LogP contribution >= 0.6 is 22.6 Å². The Bertz CT molecular complexity index is 823. The van der Waals surface area contributed by atoms with Gasteiger partial charge in [-0.15, -0.1) is 0 Å². The van der Waals surface area contributed by atoms with E-state index < -0.39 is 27.8 Å². The Morgan fingerprint density at radius 1 is 1.12 bits per heavy atom. The number of hydrogen-bond acceptors (Lipinski definition) is 3. The topological polar surface area (TPSA) is 66.5 Å². The van der Waals surface area contributed by atoms with E-state index in [1.54, 1.807) is 12.1 Å². The molecule has 8 heteroatoms. The van der Waals surface area contributed by atoms with Crippen molar-refractivity contribution >= 4 is 49.9 Å². The first-order valence-electron chi connectivity index (χ1n) is 7.00. The van der Waals surface area contributed by atoms with E-state index in [0.29, 0.717) is 5.69 Å². The standard InChI is InChI=1S/C16H16FIN2O3S/c1-11(16(21)19-14-7-5-13(18)6-8-14)20(24(2,22)23)15-9-3-12(17)4-10-15/h3-11H,1-2H3,(H,19,21)/t11-/m0/s1. The molecule has 0 heterocycles. The van der Waals surface area contributed by atoms with Gasteiger partial charge in [0.2, 0.25) is 15.9 Å². The zero-order valence-electron chi connectivity index (χ0n) is 13.0. The lowest BCUT2D eigenvalue weighted by atomic mass is 10.2. The second-order valence-electron chi connectivity index (χ2n) is 5.21. The van der Waals surface area contributed by atoms with Gasteiger partial charge in [-0.25, -0.2) is 12.8 Å². The Morgan fingerprint density at radius 3 is 2.17 bits per heavy atom. The molecule has 0 spiro atoms. The lowest BCUT2D eigenvalue weighted by Gasteiger charge is -2.28. The van der Waals surface area contributed by atoms with Gasteiger partial charge in [0.25, 0.3) is 0 Å². The van der Waals surface area contributed by atoms with Crippen LogP contribution in [-0.4, -0.2) is 26.6 Å². The van der Waals surface area contributed by atoms with Crippen molar-refractivity contribution in [3.05, 3.63) is 57.9 Å². The number of hydrogen-bond donors (Lipinski definition) is 1. The van der Waals surface area contributed by atoms with Gasteiger partial charge in [0, 0.05) is 9.26 Å². The zero-order chi connectivity index (χ0) is 17.9. The molecular weight excluding hydrogens is 446 g/mol. The Balaban J connectivity index is 2.27. The van der Waals surface area contributed by atoms with Crippen LogP contribution in [0.5, 0.6) is 0 Å². The molecule has 0 aromatic heterocycles. The Labute approximate surface area is 154 Å². The highest BCUT2D eigenvalue weighted by Crippen LogP contribution is 2.22. The van der Waals surface area contributed by atoms with Crippen LogP contribution in [0.25, 0.3) is 0 Å². The maximum absolute atomic E-state index is 13.1. The molecule has 0 saturated heterocycles. The highest BCUT2D eigenvalue weighted by atomic mass is 127. The van der Waals surface area contributed by atoms with E-state index in [2.05, 4.69) is 27.9 Å². The van der Waals surface area contributed by atoms with Crippen LogP contribution in [-0.2, 0) is 14.8 Å². The van der Waals surface area contributed by atoms with Gasteiger partial charge < -0.3 is 5.32 Å². The number of sulfonamides is 1. The lowest BCUT2D eigenvalue weighted by molar-refractivity contribution is -0.116. The second kappa shape index (κ2) is 7.47. The molecule has 0 saturated carbocycles. The van der Waals surface area contributed by atoms with Crippen LogP contribution in [0.1, 0.15) is 6.92 Å². The van der Waals surface area contributed by atoms with Crippen LogP contribution in [0.3, 0.4) is 0 Å². The van der Waals surface area contributed by atoms with Crippen molar-refractivity contribution in [1.29, 1.82) is 0 Å². The molecule has 0 radical (unpaired) electrons. The number of nitrogens with one attached hydrogen (secondary N) is 1. The van der Waals surface area contributed by atoms with E-state index in [4.69, 9.17) is 0 Å². The molecule has 0 aliphatic heterocycles. The fourth-order valence-electron chi connectivity index (χ4n) is 2.18. The van der Waals surface area contributed by atoms with Gasteiger partial charge in [-0.1, -0.05) is 0 Å². The van der Waals surface area contributed by atoms with Gasteiger partial charge in [-0.3, -0.25) is 9.10 Å². The normalized spacial score (nSPS) is 12.5. The maximum atomic E-state index is 13.1. The van der Waals surface area contributed by atoms with Gasteiger partial charge in [0.1, 0.15) is 11.9 Å². The molecule has 2 aromatic rings. The monoisotopic (exact) mass is 462 g/mol. The summed E-state index contributed by atoms with van der Waals surface area (Å²) in [6, 6.07) is 11.1. The van der Waals surface area contributed by atoms with Crippen molar-refractivity contribution in [2.24, 2.45) is 0 Å². The fraction of sp³-hybridized carbons (Fsp3) is 0.188. The summed E-state index contributed by atoms with van der Waals surface area (Å²) in [6.07, 6.45) is 1.00. The number of carbonyl (C=O) groups is 1. The van der Waals surface area contributed by atoms with Crippen molar-refractivity contribution < 1.29 is 17.6 Å². The van der Waals surface area contributed by atoms with E-state index in [1.807, 2.05) is 12.1 Å². The minimum atomic E-state index is -3.73. The summed E-state index contributed by atoms with van der Waals surface area (Å²) >= 11 is 2.14. The smallest absolute Gasteiger partial charge is 0.247 e. The average Bonchev–Trinajstić information content (AvgIpc) is 2.50. The molecule has 2 rings (SSSR count). The first-order chi connectivity index (χ1) is 11.2. The van der Waals surface area contributed by atoms with Crippen molar-refractivity contribution in [2.75, 3.05) is 15.9 Å². The van der Waals surface area contributed by atoms with Gasteiger partial charge in [0.05, 0.1) is 11.9 Å². The minimum absolute atomic E-state index is 0.226. The van der Waals surface area contributed by atoms with Crippen molar-refractivity contribution in [3.8, 4) is 0 Å². The van der Waals surface area contributed by atoms with Gasteiger partial charge in [-0.2, -0.15) is 0 Å². The number of carbonyl (C=O) groups excluding carboxylic acids is 1. The second-order valence-corrected chi connectivity index (χ2v) is 8.31. The molecule has 0 unspecified atom stereocenters. The first kappa shape index (κ1) is 18.7. The molecule has 0 aliphatic rings. The average molecular weight is 462 g/mol. The predicted octanol–water partition coefficient (Wildman–Crippen LogP) is 3.22. The Kier molecular flexibility index (Phi) is 5.81. The van der Waals surface area contributed by atoms with Crippen LogP contribution in [0.15, 0.2) is 48.5 Å². The summed E-state index contributed by atoms with van der Waals surface area (Å²) in [5.74, 6) is -0.964. The number of rotatable bonds is 5. The summed E-state index contributed by atoms with van der Waals surface area (Å²) in [6.45, 7) is 1.48. The van der Waals surface area contributed by atoms with Crippen LogP contribution < -0.4 is 9.62 Å². The number of halogens is 2. The summed E-state index contributed by atoms with van der Waals surface area (Å²) in [4.78, 5) is 12.4. The number of anilines is 2. The molecule has 1 atom stereocenters. The van der Waals surface area contributed by atoms with Crippen molar-refractivity contribution in [1.82, 2.24) is 0 Å². The molecule has 0 aliphatic carbocycles. The van der Waals surface area contributed by atoms with E-state index in [0.717, 1.165) is 26.3 Å². The zero-order valence-corrected chi connectivity index (χ0v) is 16.0. The van der Waals surface area contributed by atoms with Gasteiger partial charge >= 0.3 is 0 Å². The van der Waals surface area contributed by atoms with Gasteiger partial charge in [0.15, 0.2) is 0 Å². The van der Waals surface area contributed by atoms with E-state index in [9.17, 15) is 17.6 Å². The van der Waals surface area contributed by atoms with Crippen LogP contribution in [0, 0.1) is 9.39 Å². The summed E-state index contributed by atoms with van der Waals surface area (Å²) in [5, 5.41) is 2.68. The van der Waals surface area contributed by atoms with E-state index >= 15 is 0 Å². The van der Waals surface area contributed by atoms with Crippen LogP contribution in [0.2, 0.25) is 0 Å². The fourth-order valence-corrected chi connectivity index (χ4v) is 3.71. The number of nitrogens with zero attached hydrogens (tertiary/aromatic N) is 1. The molecule has 128 valence electrons. The summed E-state index contributed by atoms with van der Waals surface area (Å²) in [7, 11) is -3.73. The van der Waals surface area contributed by atoms with Crippen LogP contribution in [0.4, 0.5) is 15.8 Å². The van der Waals surface area contributed by atoms with E-state index in [-0.39, 0.29) is 5.69 Å². The Hall–Kier alpha value is -1.68. The minimum Gasteiger partial charge on any atom is -0.324 e. The number of amides is 1. The third-order valence-corrected chi connectivity index (χ3v) is 5.24. The molecule has 0 bridgehead atoms. The summed E-state index contributed by atoms with van der Waals surface area (Å²) in [5.41, 5.74) is 0.795. The SMILES string of the molecule is C[C@@H](C(=O)Nc1ccc(I)cc1)N(c1ccc(F)cc1)S(C)(=O)=O. The van der Waals surface area contributed by atoms with Gasteiger partial charge in [-0.05, 0) is 78.0 Å². The highest BCUT2D eigenvalue weighted by Gasteiger charge is 2.29. The molecule has 1 N–H and O–H groups in total. The quantitative estimate of drug-likeness (QED) is 0.695. The largest absolute Gasteiger partial charge is 0.324 e. The molecule has 24 heavy (non-hydrogen) atoms. The molecule has 5 nitrogen and oxygen atoms in total. The molecule has 1 amide bonds.